The van der Waals surface area contributed by atoms with Crippen molar-refractivity contribution in [1.29, 1.82) is 0 Å². The molecule has 1 fully saturated rings. The first-order valence-electron chi connectivity index (χ1n) is 5.93. The van der Waals surface area contributed by atoms with E-state index in [0.29, 0.717) is 6.10 Å². The zero-order chi connectivity index (χ0) is 9.68. The van der Waals surface area contributed by atoms with Gasteiger partial charge in [-0.2, -0.15) is 0 Å². The van der Waals surface area contributed by atoms with Crippen molar-refractivity contribution in [3.05, 3.63) is 0 Å². The van der Waals surface area contributed by atoms with Crippen LogP contribution in [0, 0.1) is 11.8 Å². The van der Waals surface area contributed by atoms with Gasteiger partial charge in [-0.3, -0.25) is 0 Å². The molecule has 0 aromatic heterocycles. The Kier molecular flexibility index (Phi) is 4.79. The summed E-state index contributed by atoms with van der Waals surface area (Å²) < 4.78 is 5.93. The highest BCUT2D eigenvalue weighted by atomic mass is 16.5. The quantitative estimate of drug-likeness (QED) is 0.648. The van der Waals surface area contributed by atoms with Gasteiger partial charge < -0.3 is 4.74 Å². The molecule has 1 aliphatic rings. The molecule has 0 spiro atoms. The molecular weight excluding hydrogens is 160 g/mol. The van der Waals surface area contributed by atoms with E-state index in [9.17, 15) is 0 Å². The highest BCUT2D eigenvalue weighted by molar-refractivity contribution is 4.77. The molecule has 0 bridgehead atoms. The van der Waals surface area contributed by atoms with Crippen LogP contribution in [0.1, 0.15) is 52.9 Å². The fraction of sp³-hybridized carbons (Fsp3) is 1.00. The average Bonchev–Trinajstić information content (AvgIpc) is 2.19. The van der Waals surface area contributed by atoms with Gasteiger partial charge in [-0.25, -0.2) is 0 Å². The zero-order valence-corrected chi connectivity index (χ0v) is 9.38. The molecule has 13 heavy (non-hydrogen) atoms. The van der Waals surface area contributed by atoms with Crippen molar-refractivity contribution in [2.45, 2.75) is 59.0 Å². The summed E-state index contributed by atoms with van der Waals surface area (Å²) in [6.45, 7) is 7.84. The minimum Gasteiger partial charge on any atom is -0.378 e. The highest BCUT2D eigenvalue weighted by Crippen LogP contribution is 2.31. The van der Waals surface area contributed by atoms with Gasteiger partial charge in [0.15, 0.2) is 0 Å². The van der Waals surface area contributed by atoms with Gasteiger partial charge in [-0.15, -0.1) is 0 Å². The van der Waals surface area contributed by atoms with Gasteiger partial charge in [0.2, 0.25) is 0 Å². The van der Waals surface area contributed by atoms with E-state index in [0.717, 1.165) is 18.4 Å². The second-order valence-corrected chi connectivity index (χ2v) is 4.34. The van der Waals surface area contributed by atoms with Gasteiger partial charge in [0, 0.05) is 6.61 Å². The summed E-state index contributed by atoms with van der Waals surface area (Å²) >= 11 is 0. The zero-order valence-electron chi connectivity index (χ0n) is 9.38. The largest absolute Gasteiger partial charge is 0.378 e. The maximum absolute atomic E-state index is 5.93. The smallest absolute Gasteiger partial charge is 0.0603 e. The van der Waals surface area contributed by atoms with Crippen molar-refractivity contribution in [1.82, 2.24) is 0 Å². The summed E-state index contributed by atoms with van der Waals surface area (Å²) in [5.74, 6) is 1.66. The Morgan fingerprint density at radius 2 is 1.92 bits per heavy atom. The molecule has 1 nitrogen and oxygen atoms in total. The van der Waals surface area contributed by atoms with Crippen LogP contribution in [0.3, 0.4) is 0 Å². The predicted molar refractivity (Wildman–Crippen MR) is 56.8 cm³/mol. The van der Waals surface area contributed by atoms with Crippen LogP contribution >= 0.6 is 0 Å². The van der Waals surface area contributed by atoms with Gasteiger partial charge in [-0.1, -0.05) is 40.0 Å². The molecule has 0 aliphatic carbocycles. The molecule has 1 heterocycles. The SMILES string of the molecule is CCC[C@H]1OC[C@H](CC)C[C@H]1CC. The van der Waals surface area contributed by atoms with Crippen LogP contribution in [0.25, 0.3) is 0 Å². The molecule has 0 aromatic carbocycles. The lowest BCUT2D eigenvalue weighted by Gasteiger charge is -2.35. The van der Waals surface area contributed by atoms with Crippen LogP contribution in [-0.2, 0) is 4.74 Å². The monoisotopic (exact) mass is 184 g/mol. The minimum absolute atomic E-state index is 0.567. The fourth-order valence-corrected chi connectivity index (χ4v) is 2.36. The van der Waals surface area contributed by atoms with Gasteiger partial charge >= 0.3 is 0 Å². The molecule has 3 atom stereocenters. The Balaban J connectivity index is 2.40. The Bertz CT molecular complexity index is 133. The molecule has 1 saturated heterocycles. The van der Waals surface area contributed by atoms with Crippen LogP contribution in [0.5, 0.6) is 0 Å². The predicted octanol–water partition coefficient (Wildman–Crippen LogP) is 3.63. The van der Waals surface area contributed by atoms with Gasteiger partial charge in [0.1, 0.15) is 0 Å². The first-order valence-corrected chi connectivity index (χ1v) is 5.93. The molecule has 78 valence electrons. The minimum atomic E-state index is 0.567. The van der Waals surface area contributed by atoms with E-state index in [-0.39, 0.29) is 0 Å². The summed E-state index contributed by atoms with van der Waals surface area (Å²) in [5.41, 5.74) is 0. The Labute approximate surface area is 82.9 Å². The second-order valence-electron chi connectivity index (χ2n) is 4.34. The first-order chi connectivity index (χ1) is 6.31. The Morgan fingerprint density at radius 1 is 1.15 bits per heavy atom. The normalized spacial score (nSPS) is 34.8. The molecule has 0 unspecified atom stereocenters. The topological polar surface area (TPSA) is 9.23 Å². The molecule has 0 radical (unpaired) electrons. The molecule has 0 N–H and O–H groups in total. The highest BCUT2D eigenvalue weighted by Gasteiger charge is 2.28. The number of hydrogen-bond donors (Lipinski definition) is 0. The molecule has 0 amide bonds. The van der Waals surface area contributed by atoms with Crippen molar-refractivity contribution in [3.63, 3.8) is 0 Å². The molecule has 1 rings (SSSR count). The van der Waals surface area contributed by atoms with E-state index in [1.54, 1.807) is 0 Å². The molecule has 1 aliphatic heterocycles. The standard InChI is InChI=1S/C12H24O/c1-4-7-12-11(6-3)8-10(5-2)9-13-12/h10-12H,4-9H2,1-3H3/t10-,11-,12-/m1/s1. The van der Waals surface area contributed by atoms with E-state index in [1.165, 1.54) is 32.1 Å². The lowest BCUT2D eigenvalue weighted by atomic mass is 9.83. The average molecular weight is 184 g/mol. The summed E-state index contributed by atoms with van der Waals surface area (Å²) in [4.78, 5) is 0. The van der Waals surface area contributed by atoms with E-state index >= 15 is 0 Å². The van der Waals surface area contributed by atoms with Gasteiger partial charge in [-0.05, 0) is 24.7 Å². The van der Waals surface area contributed by atoms with E-state index in [2.05, 4.69) is 20.8 Å². The van der Waals surface area contributed by atoms with Crippen molar-refractivity contribution in [2.75, 3.05) is 6.61 Å². The fourth-order valence-electron chi connectivity index (χ4n) is 2.36. The van der Waals surface area contributed by atoms with Crippen LogP contribution < -0.4 is 0 Å². The lowest BCUT2D eigenvalue weighted by Crippen LogP contribution is -2.34. The van der Waals surface area contributed by atoms with E-state index < -0.39 is 0 Å². The van der Waals surface area contributed by atoms with Gasteiger partial charge in [0.05, 0.1) is 6.10 Å². The maximum Gasteiger partial charge on any atom is 0.0603 e. The Hall–Kier alpha value is -0.0400. The third-order valence-corrected chi connectivity index (χ3v) is 3.38. The van der Waals surface area contributed by atoms with Crippen molar-refractivity contribution < 1.29 is 4.74 Å². The molecule has 0 aromatic rings. The van der Waals surface area contributed by atoms with Crippen molar-refractivity contribution >= 4 is 0 Å². The molecule has 0 saturated carbocycles. The third kappa shape index (κ3) is 2.98. The lowest BCUT2D eigenvalue weighted by molar-refractivity contribution is -0.0618. The van der Waals surface area contributed by atoms with Crippen LogP contribution in [-0.4, -0.2) is 12.7 Å². The Morgan fingerprint density at radius 3 is 2.46 bits per heavy atom. The van der Waals surface area contributed by atoms with Crippen LogP contribution in [0.2, 0.25) is 0 Å². The summed E-state index contributed by atoms with van der Waals surface area (Å²) in [5, 5.41) is 0. The molecule has 1 heteroatoms. The van der Waals surface area contributed by atoms with Crippen molar-refractivity contribution in [3.8, 4) is 0 Å². The van der Waals surface area contributed by atoms with Crippen LogP contribution in [0.4, 0.5) is 0 Å². The number of rotatable bonds is 4. The second kappa shape index (κ2) is 5.64. The third-order valence-electron chi connectivity index (χ3n) is 3.38. The number of hydrogen-bond acceptors (Lipinski definition) is 1. The van der Waals surface area contributed by atoms with E-state index in [4.69, 9.17) is 4.74 Å². The summed E-state index contributed by atoms with van der Waals surface area (Å²) in [6.07, 6.45) is 7.07. The molecular formula is C12H24O. The van der Waals surface area contributed by atoms with Crippen LogP contribution in [0.15, 0.2) is 0 Å². The maximum atomic E-state index is 5.93. The first kappa shape index (κ1) is 11.0. The summed E-state index contributed by atoms with van der Waals surface area (Å²) in [7, 11) is 0. The van der Waals surface area contributed by atoms with E-state index in [1.807, 2.05) is 0 Å². The van der Waals surface area contributed by atoms with Gasteiger partial charge in [0.25, 0.3) is 0 Å². The number of ether oxygens (including phenoxy) is 1. The van der Waals surface area contributed by atoms with Crippen molar-refractivity contribution in [2.24, 2.45) is 11.8 Å². The summed E-state index contributed by atoms with van der Waals surface area (Å²) in [6, 6.07) is 0.